The summed E-state index contributed by atoms with van der Waals surface area (Å²) in [5.74, 6) is -1.10. The van der Waals surface area contributed by atoms with E-state index in [1.165, 1.54) is 6.42 Å². The van der Waals surface area contributed by atoms with Crippen LogP contribution in [-0.4, -0.2) is 21.8 Å². The van der Waals surface area contributed by atoms with Crippen LogP contribution in [0.15, 0.2) is 0 Å². The number of hydrogen-bond donors (Lipinski definition) is 2. The highest BCUT2D eigenvalue weighted by atomic mass is 16.4. The fraction of sp³-hybridized carbons (Fsp3) is 0.923. The van der Waals surface area contributed by atoms with E-state index in [4.69, 9.17) is 0 Å². The van der Waals surface area contributed by atoms with Crippen molar-refractivity contribution in [2.24, 2.45) is 11.8 Å². The highest BCUT2D eigenvalue weighted by Gasteiger charge is 2.47. The molecule has 0 spiro atoms. The maximum atomic E-state index is 11.4. The molecule has 0 aromatic heterocycles. The Hall–Kier alpha value is -0.570. The number of carboxylic acids is 1. The summed E-state index contributed by atoms with van der Waals surface area (Å²) in [7, 11) is 0. The van der Waals surface area contributed by atoms with Gasteiger partial charge in [0.2, 0.25) is 0 Å². The molecule has 2 rings (SSSR count). The zero-order valence-electron chi connectivity index (χ0n) is 9.82. The van der Waals surface area contributed by atoms with Crippen LogP contribution >= 0.6 is 0 Å². The lowest BCUT2D eigenvalue weighted by molar-refractivity contribution is -0.157. The van der Waals surface area contributed by atoms with E-state index in [2.05, 4.69) is 0 Å². The quantitative estimate of drug-likeness (QED) is 0.777. The van der Waals surface area contributed by atoms with E-state index >= 15 is 0 Å². The Balaban J connectivity index is 2.12. The Morgan fingerprint density at radius 3 is 2.12 bits per heavy atom. The molecule has 2 saturated carbocycles. The second-order valence-corrected chi connectivity index (χ2v) is 5.52. The van der Waals surface area contributed by atoms with Crippen molar-refractivity contribution in [3.8, 4) is 0 Å². The first-order valence-electron chi connectivity index (χ1n) is 6.59. The summed E-state index contributed by atoms with van der Waals surface area (Å²) in [4.78, 5) is 11.4. The first-order valence-corrected chi connectivity index (χ1v) is 6.59. The van der Waals surface area contributed by atoms with Gasteiger partial charge in [0.15, 0.2) is 0 Å². The van der Waals surface area contributed by atoms with Gasteiger partial charge in [-0.1, -0.05) is 32.1 Å². The smallest absolute Gasteiger partial charge is 0.309 e. The number of hydrogen-bond acceptors (Lipinski definition) is 2. The van der Waals surface area contributed by atoms with Crippen molar-refractivity contribution in [3.63, 3.8) is 0 Å². The van der Waals surface area contributed by atoms with Crippen LogP contribution in [0.2, 0.25) is 0 Å². The van der Waals surface area contributed by atoms with Gasteiger partial charge in [-0.3, -0.25) is 4.79 Å². The van der Waals surface area contributed by atoms with Crippen LogP contribution in [0, 0.1) is 11.8 Å². The van der Waals surface area contributed by atoms with Gasteiger partial charge in [-0.15, -0.1) is 0 Å². The Bertz CT molecular complexity index is 250. The number of aliphatic hydroxyl groups is 1. The number of carboxylic acid groups (broad SMARTS) is 1. The van der Waals surface area contributed by atoms with Gasteiger partial charge in [-0.05, 0) is 31.6 Å². The van der Waals surface area contributed by atoms with Gasteiger partial charge in [0.1, 0.15) is 0 Å². The predicted octanol–water partition coefficient (Wildman–Crippen LogP) is 2.57. The van der Waals surface area contributed by atoms with E-state index in [1.54, 1.807) is 0 Å². The van der Waals surface area contributed by atoms with Gasteiger partial charge in [0.25, 0.3) is 0 Å². The van der Waals surface area contributed by atoms with Crippen molar-refractivity contribution < 1.29 is 15.0 Å². The SMILES string of the molecule is O=C(O)[C@@H](C1CCCCC1)C1(O)CCCC1. The molecular formula is C13H22O3. The lowest BCUT2D eigenvalue weighted by Gasteiger charge is -2.37. The molecule has 3 heteroatoms. The number of rotatable bonds is 3. The molecule has 2 aliphatic carbocycles. The largest absolute Gasteiger partial charge is 0.481 e. The first-order chi connectivity index (χ1) is 7.63. The van der Waals surface area contributed by atoms with Crippen molar-refractivity contribution in [2.45, 2.75) is 63.4 Å². The Morgan fingerprint density at radius 1 is 1.06 bits per heavy atom. The first kappa shape index (κ1) is 11.9. The lowest BCUT2D eigenvalue weighted by atomic mass is 9.71. The predicted molar refractivity (Wildman–Crippen MR) is 61.1 cm³/mol. The molecular weight excluding hydrogens is 204 g/mol. The molecule has 92 valence electrons. The van der Waals surface area contributed by atoms with Gasteiger partial charge in [-0.2, -0.15) is 0 Å². The standard InChI is InChI=1S/C13H22O3/c14-12(15)11(10-6-2-1-3-7-10)13(16)8-4-5-9-13/h10-11,16H,1-9H2,(H,14,15)/t11-/m1/s1. The highest BCUT2D eigenvalue weighted by molar-refractivity contribution is 5.72. The van der Waals surface area contributed by atoms with E-state index in [1.807, 2.05) is 0 Å². The molecule has 0 heterocycles. The van der Waals surface area contributed by atoms with Gasteiger partial charge >= 0.3 is 5.97 Å². The Kier molecular flexibility index (Phi) is 3.53. The second kappa shape index (κ2) is 4.74. The molecule has 0 bridgehead atoms. The summed E-state index contributed by atoms with van der Waals surface area (Å²) in [6, 6.07) is 0. The average Bonchev–Trinajstić information content (AvgIpc) is 2.67. The van der Waals surface area contributed by atoms with Crippen LogP contribution in [0.5, 0.6) is 0 Å². The molecule has 0 unspecified atom stereocenters. The number of carbonyl (C=O) groups is 1. The third-order valence-electron chi connectivity index (χ3n) is 4.44. The molecule has 2 fully saturated rings. The fourth-order valence-corrected chi connectivity index (χ4v) is 3.64. The maximum absolute atomic E-state index is 11.4. The van der Waals surface area contributed by atoms with E-state index in [0.717, 1.165) is 38.5 Å². The van der Waals surface area contributed by atoms with E-state index in [9.17, 15) is 15.0 Å². The Labute approximate surface area is 96.9 Å². The molecule has 0 radical (unpaired) electrons. The van der Waals surface area contributed by atoms with Crippen LogP contribution < -0.4 is 0 Å². The van der Waals surface area contributed by atoms with Crippen LogP contribution in [0.1, 0.15) is 57.8 Å². The third-order valence-corrected chi connectivity index (χ3v) is 4.44. The van der Waals surface area contributed by atoms with Gasteiger partial charge in [0.05, 0.1) is 11.5 Å². The van der Waals surface area contributed by atoms with Gasteiger partial charge < -0.3 is 10.2 Å². The third kappa shape index (κ3) is 2.24. The van der Waals surface area contributed by atoms with E-state index < -0.39 is 17.5 Å². The zero-order chi connectivity index (χ0) is 11.6. The molecule has 3 nitrogen and oxygen atoms in total. The second-order valence-electron chi connectivity index (χ2n) is 5.52. The summed E-state index contributed by atoms with van der Waals surface area (Å²) < 4.78 is 0. The normalized spacial score (nSPS) is 27.8. The summed E-state index contributed by atoms with van der Waals surface area (Å²) in [6.07, 6.45) is 8.77. The molecule has 0 aromatic rings. The van der Waals surface area contributed by atoms with Crippen molar-refractivity contribution in [1.82, 2.24) is 0 Å². The summed E-state index contributed by atoms with van der Waals surface area (Å²) in [6.45, 7) is 0. The van der Waals surface area contributed by atoms with Crippen LogP contribution in [0.3, 0.4) is 0 Å². The van der Waals surface area contributed by atoms with Crippen LogP contribution in [0.25, 0.3) is 0 Å². The molecule has 0 amide bonds. The molecule has 0 aromatic carbocycles. The molecule has 2 aliphatic rings. The minimum Gasteiger partial charge on any atom is -0.481 e. The van der Waals surface area contributed by atoms with E-state index in [0.29, 0.717) is 12.8 Å². The molecule has 16 heavy (non-hydrogen) atoms. The Morgan fingerprint density at radius 2 is 1.62 bits per heavy atom. The van der Waals surface area contributed by atoms with Crippen molar-refractivity contribution in [2.75, 3.05) is 0 Å². The topological polar surface area (TPSA) is 57.5 Å². The van der Waals surface area contributed by atoms with Crippen molar-refractivity contribution >= 4 is 5.97 Å². The van der Waals surface area contributed by atoms with Gasteiger partial charge in [0, 0.05) is 0 Å². The highest BCUT2D eigenvalue weighted by Crippen LogP contribution is 2.43. The van der Waals surface area contributed by atoms with Crippen LogP contribution in [-0.2, 0) is 4.79 Å². The minimum absolute atomic E-state index is 0.203. The molecule has 0 saturated heterocycles. The van der Waals surface area contributed by atoms with Crippen LogP contribution in [0.4, 0.5) is 0 Å². The average molecular weight is 226 g/mol. The van der Waals surface area contributed by atoms with E-state index in [-0.39, 0.29) is 5.92 Å². The summed E-state index contributed by atoms with van der Waals surface area (Å²) >= 11 is 0. The molecule has 0 aliphatic heterocycles. The molecule has 2 N–H and O–H groups in total. The maximum Gasteiger partial charge on any atom is 0.309 e. The number of aliphatic carboxylic acids is 1. The lowest BCUT2D eigenvalue weighted by Crippen LogP contribution is -2.45. The summed E-state index contributed by atoms with van der Waals surface area (Å²) in [5.41, 5.74) is -0.909. The van der Waals surface area contributed by atoms with Crippen molar-refractivity contribution in [1.29, 1.82) is 0 Å². The van der Waals surface area contributed by atoms with Gasteiger partial charge in [-0.25, -0.2) is 0 Å². The summed E-state index contributed by atoms with van der Waals surface area (Å²) in [5, 5.41) is 19.9. The fourth-order valence-electron chi connectivity index (χ4n) is 3.64. The minimum atomic E-state index is -0.909. The molecule has 1 atom stereocenters. The zero-order valence-corrected chi connectivity index (χ0v) is 9.82. The van der Waals surface area contributed by atoms with Crippen molar-refractivity contribution in [3.05, 3.63) is 0 Å². The monoisotopic (exact) mass is 226 g/mol.